The number of rotatable bonds is 3. The second-order valence-corrected chi connectivity index (χ2v) is 5.04. The molecule has 0 aliphatic carbocycles. The summed E-state index contributed by atoms with van der Waals surface area (Å²) >= 11 is 11.7. The number of ether oxygens (including phenoxy) is 1. The average Bonchev–Trinajstić information content (AvgIpc) is 2.42. The largest absolute Gasteiger partial charge is 0.423 e. The summed E-state index contributed by atoms with van der Waals surface area (Å²) in [4.78, 5) is 22.0. The monoisotopic (exact) mass is 325 g/mol. The van der Waals surface area contributed by atoms with Crippen LogP contribution in [0.2, 0.25) is 10.0 Å². The molecule has 0 aromatic heterocycles. The number of nitrogens with zero attached hydrogens (tertiary/aromatic N) is 1. The van der Waals surface area contributed by atoms with E-state index in [0.717, 1.165) is 11.6 Å². The number of carbonyl (C=O) groups excluding carboxylic acids is 1. The Morgan fingerprint density at radius 1 is 1.14 bits per heavy atom. The minimum absolute atomic E-state index is 0.0418. The van der Waals surface area contributed by atoms with E-state index in [9.17, 15) is 14.9 Å². The third kappa shape index (κ3) is 3.51. The number of benzene rings is 2. The lowest BCUT2D eigenvalue weighted by atomic mass is 10.2. The molecule has 0 heterocycles. The molecule has 0 bridgehead atoms. The first kappa shape index (κ1) is 15.3. The molecular weight excluding hydrogens is 317 g/mol. The highest BCUT2D eigenvalue weighted by Gasteiger charge is 2.17. The summed E-state index contributed by atoms with van der Waals surface area (Å²) < 4.78 is 5.17. The van der Waals surface area contributed by atoms with Crippen LogP contribution < -0.4 is 4.74 Å². The Morgan fingerprint density at radius 3 is 2.43 bits per heavy atom. The van der Waals surface area contributed by atoms with Crippen molar-refractivity contribution < 1.29 is 14.5 Å². The van der Waals surface area contributed by atoms with Crippen molar-refractivity contribution >= 4 is 34.9 Å². The number of aryl methyl sites for hydroxylation is 1. The molecule has 2 aromatic carbocycles. The fourth-order valence-corrected chi connectivity index (χ4v) is 2.00. The number of non-ortho nitro benzene ring substituents is 1. The highest BCUT2D eigenvalue weighted by atomic mass is 35.5. The number of nitro benzene ring substituents is 1. The van der Waals surface area contributed by atoms with Crippen LogP contribution in [0.25, 0.3) is 0 Å². The maximum atomic E-state index is 12.0. The maximum absolute atomic E-state index is 12.0. The van der Waals surface area contributed by atoms with E-state index in [1.807, 2.05) is 0 Å². The van der Waals surface area contributed by atoms with Gasteiger partial charge in [-0.2, -0.15) is 0 Å². The van der Waals surface area contributed by atoms with Crippen molar-refractivity contribution in [1.82, 2.24) is 0 Å². The normalized spacial score (nSPS) is 10.2. The molecule has 0 unspecified atom stereocenters. The SMILES string of the molecule is Cc1cc(OC(=O)c2ccc([N+](=O)[O-])cc2Cl)ccc1Cl. The Labute approximate surface area is 130 Å². The number of halogens is 2. The highest BCUT2D eigenvalue weighted by molar-refractivity contribution is 6.33. The van der Waals surface area contributed by atoms with Crippen LogP contribution in [0.15, 0.2) is 36.4 Å². The minimum Gasteiger partial charge on any atom is -0.423 e. The first-order valence-corrected chi connectivity index (χ1v) is 6.56. The number of hydrogen-bond acceptors (Lipinski definition) is 4. The van der Waals surface area contributed by atoms with Crippen LogP contribution in [-0.2, 0) is 0 Å². The summed E-state index contributed by atoms with van der Waals surface area (Å²) in [5.74, 6) is -0.382. The van der Waals surface area contributed by atoms with E-state index in [4.69, 9.17) is 27.9 Å². The number of carbonyl (C=O) groups is 1. The third-order valence-electron chi connectivity index (χ3n) is 2.72. The Kier molecular flexibility index (Phi) is 4.45. The summed E-state index contributed by atoms with van der Waals surface area (Å²) in [5.41, 5.74) is 0.616. The van der Waals surface area contributed by atoms with Gasteiger partial charge >= 0.3 is 5.97 Å². The van der Waals surface area contributed by atoms with Crippen LogP contribution in [0.1, 0.15) is 15.9 Å². The predicted molar refractivity (Wildman–Crippen MR) is 79.3 cm³/mol. The van der Waals surface area contributed by atoms with Crippen LogP contribution >= 0.6 is 23.2 Å². The van der Waals surface area contributed by atoms with Crippen molar-refractivity contribution in [3.05, 3.63) is 67.7 Å². The Hall–Kier alpha value is -2.11. The number of nitro groups is 1. The zero-order valence-corrected chi connectivity index (χ0v) is 12.3. The fraction of sp³-hybridized carbons (Fsp3) is 0.0714. The van der Waals surface area contributed by atoms with Gasteiger partial charge in [0, 0.05) is 17.2 Å². The molecule has 2 rings (SSSR count). The van der Waals surface area contributed by atoms with E-state index < -0.39 is 10.9 Å². The summed E-state index contributed by atoms with van der Waals surface area (Å²) in [6.07, 6.45) is 0. The second-order valence-electron chi connectivity index (χ2n) is 4.22. The van der Waals surface area contributed by atoms with Crippen molar-refractivity contribution in [3.8, 4) is 5.75 Å². The van der Waals surface area contributed by atoms with Crippen molar-refractivity contribution in [3.63, 3.8) is 0 Å². The first-order chi connectivity index (χ1) is 9.88. The van der Waals surface area contributed by atoms with Gasteiger partial charge in [-0.25, -0.2) is 4.79 Å². The molecule has 5 nitrogen and oxygen atoms in total. The van der Waals surface area contributed by atoms with E-state index in [1.54, 1.807) is 25.1 Å². The van der Waals surface area contributed by atoms with E-state index in [1.165, 1.54) is 12.1 Å². The Morgan fingerprint density at radius 2 is 1.86 bits per heavy atom. The van der Waals surface area contributed by atoms with Gasteiger partial charge in [0.1, 0.15) is 5.75 Å². The van der Waals surface area contributed by atoms with Crippen LogP contribution in [0.4, 0.5) is 5.69 Å². The van der Waals surface area contributed by atoms with Gasteiger partial charge in [0.15, 0.2) is 0 Å². The molecule has 0 amide bonds. The van der Waals surface area contributed by atoms with Gasteiger partial charge in [-0.15, -0.1) is 0 Å². The van der Waals surface area contributed by atoms with Gasteiger partial charge in [0.05, 0.1) is 15.5 Å². The summed E-state index contributed by atoms with van der Waals surface area (Å²) in [7, 11) is 0. The van der Waals surface area contributed by atoms with Crippen LogP contribution in [-0.4, -0.2) is 10.9 Å². The van der Waals surface area contributed by atoms with Gasteiger partial charge < -0.3 is 4.74 Å². The molecule has 0 saturated heterocycles. The molecule has 0 aliphatic heterocycles. The lowest BCUT2D eigenvalue weighted by Gasteiger charge is -2.07. The summed E-state index contributed by atoms with van der Waals surface area (Å²) in [6.45, 7) is 1.78. The van der Waals surface area contributed by atoms with Crippen LogP contribution in [0.3, 0.4) is 0 Å². The standard InChI is InChI=1S/C14H9Cl2NO4/c1-8-6-10(3-5-12(8)15)21-14(18)11-4-2-9(17(19)20)7-13(11)16/h2-7H,1H3. The molecule has 21 heavy (non-hydrogen) atoms. The van der Waals surface area contributed by atoms with E-state index in [2.05, 4.69) is 0 Å². The predicted octanol–water partition coefficient (Wildman–Crippen LogP) is 4.43. The lowest BCUT2D eigenvalue weighted by Crippen LogP contribution is -2.09. The summed E-state index contributed by atoms with van der Waals surface area (Å²) in [5, 5.41) is 11.1. The smallest absolute Gasteiger partial charge is 0.345 e. The molecule has 0 N–H and O–H groups in total. The van der Waals surface area contributed by atoms with Gasteiger partial charge in [-0.1, -0.05) is 23.2 Å². The van der Waals surface area contributed by atoms with Gasteiger partial charge in [-0.3, -0.25) is 10.1 Å². The lowest BCUT2D eigenvalue weighted by molar-refractivity contribution is -0.384. The Balaban J connectivity index is 2.24. The third-order valence-corrected chi connectivity index (χ3v) is 3.46. The van der Waals surface area contributed by atoms with Gasteiger partial charge in [-0.05, 0) is 36.8 Å². The molecule has 0 spiro atoms. The molecular formula is C14H9Cl2NO4. The second kappa shape index (κ2) is 6.11. The van der Waals surface area contributed by atoms with E-state index in [-0.39, 0.29) is 16.3 Å². The highest BCUT2D eigenvalue weighted by Crippen LogP contribution is 2.25. The van der Waals surface area contributed by atoms with Gasteiger partial charge in [0.2, 0.25) is 0 Å². The average molecular weight is 326 g/mol. The van der Waals surface area contributed by atoms with Crippen molar-refractivity contribution in [1.29, 1.82) is 0 Å². The Bertz CT molecular complexity index is 731. The quantitative estimate of drug-likeness (QED) is 0.362. The van der Waals surface area contributed by atoms with Crippen molar-refractivity contribution in [2.24, 2.45) is 0 Å². The molecule has 2 aromatic rings. The zero-order valence-electron chi connectivity index (χ0n) is 10.8. The molecule has 0 atom stereocenters. The minimum atomic E-state index is -0.698. The van der Waals surface area contributed by atoms with Gasteiger partial charge in [0.25, 0.3) is 5.69 Å². The van der Waals surface area contributed by atoms with Crippen LogP contribution in [0.5, 0.6) is 5.75 Å². The fourth-order valence-electron chi connectivity index (χ4n) is 1.63. The molecule has 0 fully saturated rings. The number of hydrogen-bond donors (Lipinski definition) is 0. The van der Waals surface area contributed by atoms with E-state index in [0.29, 0.717) is 10.8 Å². The van der Waals surface area contributed by atoms with Crippen molar-refractivity contribution in [2.45, 2.75) is 6.92 Å². The topological polar surface area (TPSA) is 69.4 Å². The maximum Gasteiger partial charge on any atom is 0.345 e. The molecule has 0 saturated carbocycles. The zero-order chi connectivity index (χ0) is 15.6. The number of esters is 1. The van der Waals surface area contributed by atoms with Crippen molar-refractivity contribution in [2.75, 3.05) is 0 Å². The summed E-state index contributed by atoms with van der Waals surface area (Å²) in [6, 6.07) is 8.31. The molecule has 0 aliphatic rings. The molecule has 0 radical (unpaired) electrons. The first-order valence-electron chi connectivity index (χ1n) is 5.81. The molecule has 7 heteroatoms. The molecule has 108 valence electrons. The van der Waals surface area contributed by atoms with Crippen LogP contribution in [0, 0.1) is 17.0 Å². The van der Waals surface area contributed by atoms with E-state index >= 15 is 0 Å².